The van der Waals surface area contributed by atoms with Crippen LogP contribution in [0.1, 0.15) is 37.6 Å². The van der Waals surface area contributed by atoms with E-state index in [-0.39, 0.29) is 0 Å². The van der Waals surface area contributed by atoms with Gasteiger partial charge in [0.25, 0.3) is 11.7 Å². The van der Waals surface area contributed by atoms with Crippen LogP contribution in [0.4, 0.5) is 11.4 Å². The Kier molecular flexibility index (Phi) is 3.80. The number of amides is 1. The van der Waals surface area contributed by atoms with Gasteiger partial charge in [-0.2, -0.15) is 0 Å². The van der Waals surface area contributed by atoms with Gasteiger partial charge in [-0.3, -0.25) is 9.59 Å². The number of hydrogen-bond donors (Lipinski definition) is 1. The lowest BCUT2D eigenvalue weighted by molar-refractivity contribution is -0.112. The number of benzene rings is 1. The molecule has 1 aliphatic heterocycles. The van der Waals surface area contributed by atoms with E-state index in [1.165, 1.54) is 0 Å². The summed E-state index contributed by atoms with van der Waals surface area (Å²) in [5.41, 5.74) is 1.77. The van der Waals surface area contributed by atoms with Crippen LogP contribution < -0.4 is 10.2 Å². The number of nitrogens with zero attached hydrogens (tertiary/aromatic N) is 1. The van der Waals surface area contributed by atoms with Crippen LogP contribution in [0.2, 0.25) is 5.02 Å². The van der Waals surface area contributed by atoms with Crippen LogP contribution in [0.5, 0.6) is 0 Å². The lowest BCUT2D eigenvalue weighted by Gasteiger charge is -2.29. The van der Waals surface area contributed by atoms with Crippen LogP contribution >= 0.6 is 11.6 Å². The van der Waals surface area contributed by atoms with Gasteiger partial charge < -0.3 is 10.2 Å². The molecule has 0 spiro atoms. The van der Waals surface area contributed by atoms with Gasteiger partial charge >= 0.3 is 0 Å². The molecule has 0 atom stereocenters. The summed E-state index contributed by atoms with van der Waals surface area (Å²) < 4.78 is 0. The summed E-state index contributed by atoms with van der Waals surface area (Å²) in [6, 6.07) is 3.66. The molecular weight excluding hydrogens is 264 g/mol. The number of nitrogens with one attached hydrogen (secondary N) is 1. The smallest absolute Gasteiger partial charge is 0.296 e. The molecule has 0 bridgehead atoms. The molecule has 2 rings (SSSR count). The SMILES string of the molecule is CCCN(c1cc2c(cc1Cl)C(=O)C(=O)N2)C(C)C. The highest BCUT2D eigenvalue weighted by Gasteiger charge is 2.30. The number of Topliss-reactive ketones (excluding diaryl/α,β-unsaturated/α-hetero) is 1. The van der Waals surface area contributed by atoms with Crippen molar-refractivity contribution in [3.05, 3.63) is 22.7 Å². The molecule has 102 valence electrons. The fraction of sp³-hybridized carbons (Fsp3) is 0.429. The Morgan fingerprint density at radius 1 is 1.32 bits per heavy atom. The van der Waals surface area contributed by atoms with Gasteiger partial charge in [0.05, 0.1) is 22.0 Å². The minimum atomic E-state index is -0.588. The van der Waals surface area contributed by atoms with Gasteiger partial charge in [-0.05, 0) is 32.4 Å². The van der Waals surface area contributed by atoms with Crippen molar-refractivity contribution < 1.29 is 9.59 Å². The predicted octanol–water partition coefficient (Wildman–Crippen LogP) is 3.10. The number of anilines is 2. The molecule has 1 heterocycles. The number of hydrogen-bond acceptors (Lipinski definition) is 3. The highest BCUT2D eigenvalue weighted by molar-refractivity contribution is 6.52. The molecule has 4 nitrogen and oxygen atoms in total. The van der Waals surface area contributed by atoms with Crippen LogP contribution in [0.3, 0.4) is 0 Å². The molecule has 19 heavy (non-hydrogen) atoms. The van der Waals surface area contributed by atoms with E-state index < -0.39 is 11.7 Å². The average Bonchev–Trinajstić information content (AvgIpc) is 2.62. The topological polar surface area (TPSA) is 49.4 Å². The average molecular weight is 281 g/mol. The third-order valence-electron chi connectivity index (χ3n) is 3.18. The van der Waals surface area contributed by atoms with E-state index in [1.54, 1.807) is 12.1 Å². The Morgan fingerprint density at radius 2 is 2.00 bits per heavy atom. The maximum atomic E-state index is 11.6. The van der Waals surface area contributed by atoms with Crippen molar-refractivity contribution >= 4 is 34.7 Å². The minimum Gasteiger partial charge on any atom is -0.368 e. The molecule has 1 aliphatic rings. The Balaban J connectivity index is 2.46. The summed E-state index contributed by atoms with van der Waals surface area (Å²) in [4.78, 5) is 25.1. The molecule has 0 unspecified atom stereocenters. The summed E-state index contributed by atoms with van der Waals surface area (Å²) in [7, 11) is 0. The predicted molar refractivity (Wildman–Crippen MR) is 77.2 cm³/mol. The third-order valence-corrected chi connectivity index (χ3v) is 3.49. The first-order valence-corrected chi connectivity index (χ1v) is 6.79. The van der Waals surface area contributed by atoms with Gasteiger partial charge in [-0.25, -0.2) is 0 Å². The molecule has 1 N–H and O–H groups in total. The highest BCUT2D eigenvalue weighted by Crippen LogP contribution is 2.35. The van der Waals surface area contributed by atoms with E-state index in [2.05, 4.69) is 31.0 Å². The molecular formula is C14H17ClN2O2. The Morgan fingerprint density at radius 3 is 2.58 bits per heavy atom. The minimum absolute atomic E-state index is 0.295. The van der Waals surface area contributed by atoms with Crippen LogP contribution in [-0.4, -0.2) is 24.3 Å². The first-order chi connectivity index (χ1) is 8.95. The molecule has 1 aromatic rings. The zero-order valence-corrected chi connectivity index (χ0v) is 12.0. The fourth-order valence-corrected chi connectivity index (χ4v) is 2.54. The van der Waals surface area contributed by atoms with Gasteiger partial charge in [0, 0.05) is 12.6 Å². The van der Waals surface area contributed by atoms with E-state index >= 15 is 0 Å². The third kappa shape index (κ3) is 2.45. The summed E-state index contributed by atoms with van der Waals surface area (Å²) in [6.07, 6.45) is 0.997. The van der Waals surface area contributed by atoms with E-state index in [0.29, 0.717) is 22.3 Å². The number of fused-ring (bicyclic) bond motifs is 1. The molecule has 0 radical (unpaired) electrons. The lowest BCUT2D eigenvalue weighted by atomic mass is 10.1. The van der Waals surface area contributed by atoms with Crippen molar-refractivity contribution in [1.29, 1.82) is 0 Å². The summed E-state index contributed by atoms with van der Waals surface area (Å²) in [6.45, 7) is 7.14. The maximum absolute atomic E-state index is 11.6. The van der Waals surface area contributed by atoms with Crippen molar-refractivity contribution in [2.75, 3.05) is 16.8 Å². The zero-order valence-electron chi connectivity index (χ0n) is 11.3. The van der Waals surface area contributed by atoms with E-state index in [0.717, 1.165) is 18.7 Å². The van der Waals surface area contributed by atoms with Gasteiger partial charge in [-0.1, -0.05) is 18.5 Å². The van der Waals surface area contributed by atoms with Gasteiger partial charge in [0.15, 0.2) is 0 Å². The van der Waals surface area contributed by atoms with Crippen LogP contribution in [0.15, 0.2) is 12.1 Å². The van der Waals surface area contributed by atoms with Crippen LogP contribution in [0, 0.1) is 0 Å². The maximum Gasteiger partial charge on any atom is 0.296 e. The molecule has 1 aromatic carbocycles. The van der Waals surface area contributed by atoms with Gasteiger partial charge in [-0.15, -0.1) is 0 Å². The van der Waals surface area contributed by atoms with Crippen molar-refractivity contribution in [2.45, 2.75) is 33.2 Å². The first-order valence-electron chi connectivity index (χ1n) is 6.41. The van der Waals surface area contributed by atoms with Crippen molar-refractivity contribution in [3.63, 3.8) is 0 Å². The normalized spacial score (nSPS) is 13.7. The van der Waals surface area contributed by atoms with Crippen LogP contribution in [0.25, 0.3) is 0 Å². The second-order valence-electron chi connectivity index (χ2n) is 4.92. The van der Waals surface area contributed by atoms with Gasteiger partial charge in [0.2, 0.25) is 0 Å². The molecule has 0 aliphatic carbocycles. The monoisotopic (exact) mass is 280 g/mol. The lowest BCUT2D eigenvalue weighted by Crippen LogP contribution is -2.31. The van der Waals surface area contributed by atoms with E-state index in [1.807, 2.05) is 0 Å². The summed E-state index contributed by atoms with van der Waals surface area (Å²) in [5.74, 6) is -1.11. The Bertz CT molecular complexity index is 540. The molecule has 0 aromatic heterocycles. The Hall–Kier alpha value is -1.55. The Labute approximate surface area is 117 Å². The molecule has 1 amide bonds. The zero-order chi connectivity index (χ0) is 14.2. The standard InChI is InChI=1S/C14H17ClN2O2/c1-4-5-17(8(2)3)12-7-11-9(6-10(12)15)13(18)14(19)16-11/h6-8H,4-5H2,1-3H3,(H,16,18,19). The number of carbonyl (C=O) groups is 2. The first kappa shape index (κ1) is 13.9. The summed E-state index contributed by atoms with van der Waals surface area (Å²) >= 11 is 6.26. The van der Waals surface area contributed by atoms with Crippen molar-refractivity contribution in [2.24, 2.45) is 0 Å². The quantitative estimate of drug-likeness (QED) is 0.862. The molecule has 0 saturated heterocycles. The van der Waals surface area contributed by atoms with Crippen LogP contribution in [-0.2, 0) is 4.79 Å². The van der Waals surface area contributed by atoms with Crippen molar-refractivity contribution in [3.8, 4) is 0 Å². The second-order valence-corrected chi connectivity index (χ2v) is 5.33. The largest absolute Gasteiger partial charge is 0.368 e. The highest BCUT2D eigenvalue weighted by atomic mass is 35.5. The molecule has 5 heteroatoms. The fourth-order valence-electron chi connectivity index (χ4n) is 2.27. The number of carbonyl (C=O) groups excluding carboxylic acids is 2. The van der Waals surface area contributed by atoms with Crippen molar-refractivity contribution in [1.82, 2.24) is 0 Å². The molecule has 0 saturated carbocycles. The number of rotatable bonds is 4. The van der Waals surface area contributed by atoms with Gasteiger partial charge in [0.1, 0.15) is 0 Å². The molecule has 0 fully saturated rings. The summed E-state index contributed by atoms with van der Waals surface area (Å²) in [5, 5.41) is 3.08. The number of ketones is 1. The second kappa shape index (κ2) is 5.21. The van der Waals surface area contributed by atoms with E-state index in [4.69, 9.17) is 11.6 Å². The number of halogens is 1. The van der Waals surface area contributed by atoms with E-state index in [9.17, 15) is 9.59 Å².